The normalized spacial score (nSPS) is 11.1. The summed E-state index contributed by atoms with van der Waals surface area (Å²) in [7, 11) is 0. The number of benzene rings is 1. The lowest BCUT2D eigenvalue weighted by atomic mass is 9.99. The van der Waals surface area contributed by atoms with E-state index in [0.717, 1.165) is 16.3 Å². The van der Waals surface area contributed by atoms with Crippen LogP contribution in [0.1, 0.15) is 25.3 Å². The predicted octanol–water partition coefficient (Wildman–Crippen LogP) is 3.06. The van der Waals surface area contributed by atoms with Gasteiger partial charge in [0.2, 0.25) is 0 Å². The van der Waals surface area contributed by atoms with Crippen molar-refractivity contribution in [3.8, 4) is 5.75 Å². The summed E-state index contributed by atoms with van der Waals surface area (Å²) in [4.78, 5) is 4.02. The second-order valence-electron chi connectivity index (χ2n) is 3.79. The van der Waals surface area contributed by atoms with E-state index in [1.807, 2.05) is 12.1 Å². The van der Waals surface area contributed by atoms with Crippen LogP contribution in [0, 0.1) is 0 Å². The molecule has 0 bridgehead atoms. The molecular weight excluding hydrogens is 174 g/mol. The quantitative estimate of drug-likeness (QED) is 0.744. The highest BCUT2D eigenvalue weighted by Crippen LogP contribution is 2.29. The van der Waals surface area contributed by atoms with Gasteiger partial charge in [0.1, 0.15) is 5.75 Å². The molecule has 0 aliphatic heterocycles. The summed E-state index contributed by atoms with van der Waals surface area (Å²) in [6, 6.07) is 5.76. The average Bonchev–Trinajstić information content (AvgIpc) is 2.16. The second kappa shape index (κ2) is 3.29. The third kappa shape index (κ3) is 1.43. The Bertz CT molecular complexity index is 463. The highest BCUT2D eigenvalue weighted by molar-refractivity contribution is 5.84. The molecule has 14 heavy (non-hydrogen) atoms. The van der Waals surface area contributed by atoms with Gasteiger partial charge in [0.05, 0.1) is 0 Å². The fourth-order valence-electron chi connectivity index (χ4n) is 1.60. The Kier molecular flexibility index (Phi) is 2.12. The Labute approximate surface area is 83.2 Å². The van der Waals surface area contributed by atoms with Gasteiger partial charge in [-0.1, -0.05) is 13.8 Å². The lowest BCUT2D eigenvalue weighted by Crippen LogP contribution is -1.88. The van der Waals surface area contributed by atoms with E-state index < -0.39 is 0 Å². The summed E-state index contributed by atoms with van der Waals surface area (Å²) >= 11 is 0. The number of hydrogen-bond donors (Lipinski definition) is 1. The van der Waals surface area contributed by atoms with Gasteiger partial charge in [0.15, 0.2) is 0 Å². The van der Waals surface area contributed by atoms with Crippen LogP contribution in [0.3, 0.4) is 0 Å². The highest BCUT2D eigenvalue weighted by Gasteiger charge is 2.06. The van der Waals surface area contributed by atoms with Gasteiger partial charge in [0.25, 0.3) is 0 Å². The van der Waals surface area contributed by atoms with Gasteiger partial charge in [-0.15, -0.1) is 0 Å². The van der Waals surface area contributed by atoms with Crippen molar-refractivity contribution in [1.82, 2.24) is 4.98 Å². The van der Waals surface area contributed by atoms with Crippen molar-refractivity contribution in [3.63, 3.8) is 0 Å². The molecule has 2 nitrogen and oxygen atoms in total. The maximum Gasteiger partial charge on any atom is 0.119 e. The van der Waals surface area contributed by atoms with E-state index in [2.05, 4.69) is 18.8 Å². The third-order valence-corrected chi connectivity index (χ3v) is 2.41. The molecule has 0 amide bonds. The Balaban J connectivity index is 2.71. The van der Waals surface area contributed by atoms with Crippen molar-refractivity contribution < 1.29 is 5.11 Å². The lowest BCUT2D eigenvalue weighted by molar-refractivity contribution is 0.466. The first-order chi connectivity index (χ1) is 6.68. The average molecular weight is 187 g/mol. The standard InChI is InChI=1S/C12H13NO/c1-8(2)11-5-9-3-4-13-7-10(9)6-12(11)14/h3-8,14H,1-2H3. The lowest BCUT2D eigenvalue weighted by Gasteiger charge is -2.09. The second-order valence-corrected chi connectivity index (χ2v) is 3.79. The zero-order valence-electron chi connectivity index (χ0n) is 8.36. The van der Waals surface area contributed by atoms with E-state index in [9.17, 15) is 5.11 Å². The largest absolute Gasteiger partial charge is 0.508 e. The molecule has 2 heteroatoms. The van der Waals surface area contributed by atoms with Crippen molar-refractivity contribution in [2.24, 2.45) is 0 Å². The van der Waals surface area contributed by atoms with Crippen molar-refractivity contribution >= 4 is 10.8 Å². The fraction of sp³-hybridized carbons (Fsp3) is 0.250. The summed E-state index contributed by atoms with van der Waals surface area (Å²) in [5.74, 6) is 0.702. The molecule has 1 heterocycles. The fourth-order valence-corrected chi connectivity index (χ4v) is 1.60. The topological polar surface area (TPSA) is 33.1 Å². The summed E-state index contributed by atoms with van der Waals surface area (Å²) in [5, 5.41) is 11.9. The molecule has 0 atom stereocenters. The molecule has 0 saturated heterocycles. The van der Waals surface area contributed by atoms with Crippen molar-refractivity contribution in [3.05, 3.63) is 36.2 Å². The van der Waals surface area contributed by atoms with E-state index in [1.54, 1.807) is 18.5 Å². The van der Waals surface area contributed by atoms with Crippen LogP contribution in [-0.2, 0) is 0 Å². The van der Waals surface area contributed by atoms with E-state index in [4.69, 9.17) is 0 Å². The maximum atomic E-state index is 9.75. The van der Waals surface area contributed by atoms with Crippen LogP contribution >= 0.6 is 0 Å². The first-order valence-corrected chi connectivity index (χ1v) is 4.75. The molecule has 1 aromatic heterocycles. The van der Waals surface area contributed by atoms with Crippen LogP contribution in [0.25, 0.3) is 10.8 Å². The SMILES string of the molecule is CC(C)c1cc2ccncc2cc1O. The highest BCUT2D eigenvalue weighted by atomic mass is 16.3. The summed E-state index contributed by atoms with van der Waals surface area (Å²) in [6.45, 7) is 4.14. The zero-order chi connectivity index (χ0) is 10.1. The number of rotatable bonds is 1. The van der Waals surface area contributed by atoms with Crippen LogP contribution in [0.2, 0.25) is 0 Å². The van der Waals surface area contributed by atoms with E-state index in [0.29, 0.717) is 11.7 Å². The molecule has 0 saturated carbocycles. The van der Waals surface area contributed by atoms with Crippen LogP contribution in [0.5, 0.6) is 5.75 Å². The number of aromatic hydroxyl groups is 1. The summed E-state index contributed by atoms with van der Waals surface area (Å²) in [5.41, 5.74) is 0.990. The molecule has 0 radical (unpaired) electrons. The van der Waals surface area contributed by atoms with Crippen LogP contribution in [0.15, 0.2) is 30.6 Å². The van der Waals surface area contributed by atoms with Crippen LogP contribution < -0.4 is 0 Å². The molecule has 0 spiro atoms. The van der Waals surface area contributed by atoms with Crippen LogP contribution in [0.4, 0.5) is 0 Å². The van der Waals surface area contributed by atoms with Crippen molar-refractivity contribution in [2.75, 3.05) is 0 Å². The van der Waals surface area contributed by atoms with Gasteiger partial charge in [-0.2, -0.15) is 0 Å². The minimum atomic E-state index is 0.340. The van der Waals surface area contributed by atoms with E-state index in [1.165, 1.54) is 0 Å². The molecule has 1 aromatic carbocycles. The molecule has 0 aliphatic carbocycles. The molecule has 1 N–H and O–H groups in total. The Morgan fingerprint density at radius 3 is 2.71 bits per heavy atom. The number of nitrogens with zero attached hydrogens (tertiary/aromatic N) is 1. The molecule has 0 aliphatic rings. The minimum Gasteiger partial charge on any atom is -0.508 e. The van der Waals surface area contributed by atoms with Crippen LogP contribution in [-0.4, -0.2) is 10.1 Å². The number of fused-ring (bicyclic) bond motifs is 1. The molecule has 0 fully saturated rings. The number of aromatic nitrogens is 1. The summed E-state index contributed by atoms with van der Waals surface area (Å²) < 4.78 is 0. The number of phenolic OH excluding ortho intramolecular Hbond substituents is 1. The monoisotopic (exact) mass is 187 g/mol. The Morgan fingerprint density at radius 1 is 1.21 bits per heavy atom. The van der Waals surface area contributed by atoms with Crippen molar-refractivity contribution in [2.45, 2.75) is 19.8 Å². The zero-order valence-corrected chi connectivity index (χ0v) is 8.36. The van der Waals surface area contributed by atoms with Gasteiger partial charge in [-0.3, -0.25) is 4.98 Å². The van der Waals surface area contributed by atoms with Gasteiger partial charge in [-0.05, 0) is 35.1 Å². The van der Waals surface area contributed by atoms with Gasteiger partial charge >= 0.3 is 0 Å². The van der Waals surface area contributed by atoms with Gasteiger partial charge < -0.3 is 5.11 Å². The molecular formula is C12H13NO. The number of pyridine rings is 1. The van der Waals surface area contributed by atoms with E-state index >= 15 is 0 Å². The number of phenols is 1. The smallest absolute Gasteiger partial charge is 0.119 e. The number of hydrogen-bond acceptors (Lipinski definition) is 2. The summed E-state index contributed by atoms with van der Waals surface area (Å²) in [6.07, 6.45) is 3.53. The molecule has 0 unspecified atom stereocenters. The maximum absolute atomic E-state index is 9.75. The Morgan fingerprint density at radius 2 is 2.00 bits per heavy atom. The van der Waals surface area contributed by atoms with Crippen molar-refractivity contribution in [1.29, 1.82) is 0 Å². The molecule has 2 aromatic rings. The predicted molar refractivity (Wildman–Crippen MR) is 57.5 cm³/mol. The Hall–Kier alpha value is -1.57. The van der Waals surface area contributed by atoms with E-state index in [-0.39, 0.29) is 0 Å². The first-order valence-electron chi connectivity index (χ1n) is 4.75. The first kappa shape index (κ1) is 9.00. The van der Waals surface area contributed by atoms with Gasteiger partial charge in [0, 0.05) is 17.8 Å². The molecule has 72 valence electrons. The van der Waals surface area contributed by atoms with Gasteiger partial charge in [-0.25, -0.2) is 0 Å². The molecule has 2 rings (SSSR count). The third-order valence-electron chi connectivity index (χ3n) is 2.41. The minimum absolute atomic E-state index is 0.340.